The van der Waals surface area contributed by atoms with E-state index in [0.29, 0.717) is 24.0 Å². The van der Waals surface area contributed by atoms with Gasteiger partial charge < -0.3 is 5.73 Å². The molecule has 4 unspecified atom stereocenters. The lowest BCUT2D eigenvalue weighted by Gasteiger charge is -2.31. The molecule has 2 heterocycles. The third-order valence-corrected chi connectivity index (χ3v) is 4.79. The average molecular weight is 268 g/mol. The number of para-hydroxylation sites is 1. The van der Waals surface area contributed by atoms with E-state index in [-0.39, 0.29) is 0 Å². The minimum absolute atomic E-state index is 0.310. The van der Waals surface area contributed by atoms with Gasteiger partial charge in [0.1, 0.15) is 0 Å². The molecule has 0 bridgehead atoms. The lowest BCUT2D eigenvalue weighted by atomic mass is 9.77. The summed E-state index contributed by atoms with van der Waals surface area (Å²) in [6, 6.07) is 11.7. The first-order valence-electron chi connectivity index (χ1n) is 7.43. The van der Waals surface area contributed by atoms with Crippen molar-refractivity contribution < 1.29 is 0 Å². The van der Waals surface area contributed by atoms with Crippen LogP contribution in [0.1, 0.15) is 30.9 Å². The lowest BCUT2D eigenvalue weighted by molar-refractivity contribution is 0.279. The molecule has 0 radical (unpaired) electrons. The van der Waals surface area contributed by atoms with Crippen LogP contribution in [0.2, 0.25) is 0 Å². The standard InChI is InChI=1S/C16H20N4/c17-11-6-7-14-13(9-11)16(20-19-14)12-5-1-3-10-4-2-8-18-15(10)12/h1-5,8,11,13-14,16,19-20H,6-7,9,17H2. The second-order valence-corrected chi connectivity index (χ2v) is 6.03. The summed E-state index contributed by atoms with van der Waals surface area (Å²) in [7, 11) is 0. The molecular formula is C16H20N4. The lowest BCUT2D eigenvalue weighted by Crippen LogP contribution is -2.39. The van der Waals surface area contributed by atoms with Crippen molar-refractivity contribution in [2.75, 3.05) is 0 Å². The molecule has 4 N–H and O–H groups in total. The number of hydrogen-bond donors (Lipinski definition) is 3. The zero-order chi connectivity index (χ0) is 13.5. The zero-order valence-electron chi connectivity index (χ0n) is 11.4. The van der Waals surface area contributed by atoms with Gasteiger partial charge in [-0.3, -0.25) is 10.4 Å². The van der Waals surface area contributed by atoms with Crippen LogP contribution in [0.5, 0.6) is 0 Å². The predicted molar refractivity (Wildman–Crippen MR) is 79.9 cm³/mol. The molecule has 1 aliphatic carbocycles. The van der Waals surface area contributed by atoms with Gasteiger partial charge in [0.05, 0.1) is 11.6 Å². The van der Waals surface area contributed by atoms with Gasteiger partial charge in [0.25, 0.3) is 0 Å². The Labute approximate surface area is 118 Å². The summed E-state index contributed by atoms with van der Waals surface area (Å²) in [5.41, 5.74) is 15.5. The molecular weight excluding hydrogens is 248 g/mol. The van der Waals surface area contributed by atoms with Gasteiger partial charge in [-0.2, -0.15) is 0 Å². The highest BCUT2D eigenvalue weighted by Gasteiger charge is 2.40. The summed E-state index contributed by atoms with van der Waals surface area (Å²) in [6.07, 6.45) is 5.24. The van der Waals surface area contributed by atoms with Crippen LogP contribution in [0, 0.1) is 5.92 Å². The van der Waals surface area contributed by atoms with E-state index in [1.807, 2.05) is 12.3 Å². The highest BCUT2D eigenvalue weighted by molar-refractivity contribution is 5.82. The summed E-state index contributed by atoms with van der Waals surface area (Å²) in [5.74, 6) is 0.561. The maximum Gasteiger partial charge on any atom is 0.0750 e. The fourth-order valence-corrected chi connectivity index (χ4v) is 3.78. The quantitative estimate of drug-likeness (QED) is 0.739. The second kappa shape index (κ2) is 4.81. The number of benzene rings is 1. The van der Waals surface area contributed by atoms with E-state index < -0.39 is 0 Å². The predicted octanol–water partition coefficient (Wildman–Crippen LogP) is 1.88. The van der Waals surface area contributed by atoms with Crippen LogP contribution >= 0.6 is 0 Å². The number of aromatic nitrogens is 1. The number of nitrogens with one attached hydrogen (secondary N) is 2. The largest absolute Gasteiger partial charge is 0.328 e. The summed E-state index contributed by atoms with van der Waals surface area (Å²) < 4.78 is 0. The molecule has 1 aromatic heterocycles. The maximum absolute atomic E-state index is 6.17. The molecule has 2 fully saturated rings. The van der Waals surface area contributed by atoms with Crippen molar-refractivity contribution in [3.63, 3.8) is 0 Å². The zero-order valence-corrected chi connectivity index (χ0v) is 11.4. The second-order valence-electron chi connectivity index (χ2n) is 6.03. The van der Waals surface area contributed by atoms with E-state index in [1.54, 1.807) is 0 Å². The Hall–Kier alpha value is -1.49. The number of fused-ring (bicyclic) bond motifs is 2. The van der Waals surface area contributed by atoms with Gasteiger partial charge in [-0.25, -0.2) is 5.43 Å². The highest BCUT2D eigenvalue weighted by atomic mass is 15.4. The number of hydrogen-bond acceptors (Lipinski definition) is 4. The van der Waals surface area contributed by atoms with Crippen molar-refractivity contribution in [3.05, 3.63) is 42.1 Å². The summed E-state index contributed by atoms with van der Waals surface area (Å²) in [6.45, 7) is 0. The molecule has 2 aliphatic rings. The fraction of sp³-hybridized carbons (Fsp3) is 0.438. The van der Waals surface area contributed by atoms with E-state index in [4.69, 9.17) is 5.73 Å². The Bertz CT molecular complexity index is 621. The minimum Gasteiger partial charge on any atom is -0.328 e. The first-order valence-corrected chi connectivity index (χ1v) is 7.43. The molecule has 1 aliphatic heterocycles. The van der Waals surface area contributed by atoms with Crippen molar-refractivity contribution in [3.8, 4) is 0 Å². The highest BCUT2D eigenvalue weighted by Crippen LogP contribution is 2.39. The molecule has 1 saturated carbocycles. The Morgan fingerprint density at radius 3 is 2.95 bits per heavy atom. The normalized spacial score (nSPS) is 33.2. The monoisotopic (exact) mass is 268 g/mol. The summed E-state index contributed by atoms with van der Waals surface area (Å²) in [4.78, 5) is 4.58. The van der Waals surface area contributed by atoms with Crippen LogP contribution in [0.15, 0.2) is 36.5 Å². The van der Waals surface area contributed by atoms with Crippen molar-refractivity contribution in [2.24, 2.45) is 11.7 Å². The molecule has 1 aromatic carbocycles. The molecule has 0 spiro atoms. The van der Waals surface area contributed by atoms with Crippen LogP contribution in [0.25, 0.3) is 10.9 Å². The maximum atomic E-state index is 6.17. The Kier molecular flexibility index (Phi) is 2.95. The van der Waals surface area contributed by atoms with Gasteiger partial charge in [0, 0.05) is 23.7 Å². The van der Waals surface area contributed by atoms with Gasteiger partial charge in [-0.1, -0.05) is 24.3 Å². The van der Waals surface area contributed by atoms with Crippen molar-refractivity contribution in [1.29, 1.82) is 0 Å². The fourth-order valence-electron chi connectivity index (χ4n) is 3.78. The smallest absolute Gasteiger partial charge is 0.0750 e. The first kappa shape index (κ1) is 12.3. The third kappa shape index (κ3) is 1.92. The third-order valence-electron chi connectivity index (χ3n) is 4.79. The van der Waals surface area contributed by atoms with Gasteiger partial charge >= 0.3 is 0 Å². The van der Waals surface area contributed by atoms with Gasteiger partial charge in [0.2, 0.25) is 0 Å². The summed E-state index contributed by atoms with van der Waals surface area (Å²) in [5, 5.41) is 1.20. The molecule has 4 heteroatoms. The molecule has 20 heavy (non-hydrogen) atoms. The topological polar surface area (TPSA) is 63.0 Å². The van der Waals surface area contributed by atoms with E-state index in [2.05, 4.69) is 40.1 Å². The van der Waals surface area contributed by atoms with E-state index >= 15 is 0 Å². The Balaban J connectivity index is 1.76. The van der Waals surface area contributed by atoms with Crippen molar-refractivity contribution in [1.82, 2.24) is 15.8 Å². The number of pyridine rings is 1. The van der Waals surface area contributed by atoms with Crippen LogP contribution in [-0.4, -0.2) is 17.1 Å². The van der Waals surface area contributed by atoms with Gasteiger partial charge in [0.15, 0.2) is 0 Å². The van der Waals surface area contributed by atoms with Crippen LogP contribution in [-0.2, 0) is 0 Å². The summed E-state index contributed by atoms with van der Waals surface area (Å²) >= 11 is 0. The molecule has 4 rings (SSSR count). The minimum atomic E-state index is 0.310. The van der Waals surface area contributed by atoms with E-state index in [1.165, 1.54) is 10.9 Å². The number of hydrazine groups is 1. The average Bonchev–Trinajstić information content (AvgIpc) is 2.89. The molecule has 4 nitrogen and oxygen atoms in total. The van der Waals surface area contributed by atoms with Crippen molar-refractivity contribution >= 4 is 10.9 Å². The molecule has 2 aromatic rings. The van der Waals surface area contributed by atoms with Gasteiger partial charge in [-0.15, -0.1) is 0 Å². The Morgan fingerprint density at radius 2 is 2.00 bits per heavy atom. The number of nitrogens with two attached hydrogens (primary N) is 1. The van der Waals surface area contributed by atoms with Crippen molar-refractivity contribution in [2.45, 2.75) is 37.4 Å². The molecule has 104 valence electrons. The first-order chi connectivity index (χ1) is 9.83. The van der Waals surface area contributed by atoms with E-state index in [0.717, 1.165) is 24.8 Å². The molecule has 0 amide bonds. The molecule has 4 atom stereocenters. The van der Waals surface area contributed by atoms with Gasteiger partial charge in [-0.05, 0) is 36.8 Å². The number of nitrogens with zero attached hydrogens (tertiary/aromatic N) is 1. The van der Waals surface area contributed by atoms with Crippen LogP contribution in [0.3, 0.4) is 0 Å². The number of rotatable bonds is 1. The van der Waals surface area contributed by atoms with Crippen LogP contribution in [0.4, 0.5) is 0 Å². The SMILES string of the molecule is NC1CCC2NNC(c3cccc4cccnc34)C2C1. The Morgan fingerprint density at radius 1 is 1.10 bits per heavy atom. The molecule has 1 saturated heterocycles. The van der Waals surface area contributed by atoms with Crippen LogP contribution < -0.4 is 16.6 Å². The van der Waals surface area contributed by atoms with E-state index in [9.17, 15) is 0 Å².